The minimum absolute atomic E-state index is 0.0264. The second kappa shape index (κ2) is 7.11. The van der Waals surface area contributed by atoms with Gasteiger partial charge in [0, 0.05) is 25.8 Å². The number of aromatic nitrogens is 3. The topological polar surface area (TPSA) is 66.3 Å². The summed E-state index contributed by atoms with van der Waals surface area (Å²) < 4.78 is 1.93. The lowest BCUT2D eigenvalue weighted by Crippen LogP contribution is -2.35. The van der Waals surface area contributed by atoms with Gasteiger partial charge in [0.25, 0.3) is 5.91 Å². The van der Waals surface area contributed by atoms with Crippen LogP contribution in [0.1, 0.15) is 27.9 Å². The van der Waals surface area contributed by atoms with E-state index in [1.807, 2.05) is 43.0 Å². The molecule has 0 bridgehead atoms. The number of amides is 1. The molecule has 0 radical (unpaired) electrons. The first-order chi connectivity index (χ1) is 11.5. The number of pyridine rings is 1. The van der Waals surface area contributed by atoms with Crippen LogP contribution in [0.5, 0.6) is 0 Å². The fourth-order valence-electron chi connectivity index (χ4n) is 2.91. The van der Waals surface area contributed by atoms with Crippen LogP contribution in [0.15, 0.2) is 30.5 Å². The van der Waals surface area contributed by atoms with Gasteiger partial charge in [-0.1, -0.05) is 6.07 Å². The van der Waals surface area contributed by atoms with Gasteiger partial charge in [-0.05, 0) is 39.3 Å². The van der Waals surface area contributed by atoms with Crippen LogP contribution in [-0.4, -0.2) is 64.7 Å². The van der Waals surface area contributed by atoms with Crippen molar-refractivity contribution in [3.05, 3.63) is 47.5 Å². The molecule has 1 aliphatic rings. The van der Waals surface area contributed by atoms with E-state index in [4.69, 9.17) is 0 Å². The van der Waals surface area contributed by atoms with E-state index in [0.717, 1.165) is 31.0 Å². The van der Waals surface area contributed by atoms with E-state index in [2.05, 4.69) is 32.2 Å². The lowest BCUT2D eigenvalue weighted by atomic mass is 10.1. The highest BCUT2D eigenvalue weighted by Crippen LogP contribution is 2.15. The summed E-state index contributed by atoms with van der Waals surface area (Å²) in [4.78, 5) is 21.1. The zero-order valence-electron chi connectivity index (χ0n) is 14.4. The number of fused-ring (bicyclic) bond motifs is 1. The Kier molecular flexibility index (Phi) is 4.92. The number of nitrogens with one attached hydrogen (secondary N) is 1. The second-order valence-electron chi connectivity index (χ2n) is 6.43. The molecule has 0 aliphatic carbocycles. The first kappa shape index (κ1) is 16.6. The summed E-state index contributed by atoms with van der Waals surface area (Å²) in [6.07, 6.45) is 1.77. The Hall–Kier alpha value is -2.25. The summed E-state index contributed by atoms with van der Waals surface area (Å²) in [5.74, 6) is -0.137. The molecular formula is C17H24N6O. The number of hydrogen-bond acceptors (Lipinski definition) is 5. The summed E-state index contributed by atoms with van der Waals surface area (Å²) in [5.41, 5.74) is 2.51. The molecule has 1 amide bonds. The van der Waals surface area contributed by atoms with Crippen molar-refractivity contribution in [2.45, 2.75) is 19.1 Å². The first-order valence-corrected chi connectivity index (χ1v) is 8.15. The van der Waals surface area contributed by atoms with Gasteiger partial charge < -0.3 is 5.32 Å². The highest BCUT2D eigenvalue weighted by atomic mass is 16.1. The molecular weight excluding hydrogens is 304 g/mol. The fraction of sp³-hybridized carbons (Fsp3) is 0.471. The lowest BCUT2D eigenvalue weighted by molar-refractivity contribution is 0.0935. The number of hydrogen-bond donors (Lipinski definition) is 1. The van der Waals surface area contributed by atoms with Crippen molar-refractivity contribution >= 4 is 5.91 Å². The van der Waals surface area contributed by atoms with E-state index >= 15 is 0 Å². The molecule has 3 heterocycles. The van der Waals surface area contributed by atoms with Crippen molar-refractivity contribution in [1.82, 2.24) is 29.9 Å². The number of likely N-dealkylation sites (N-methyl/N-ethyl adjacent to an activating group) is 2. The van der Waals surface area contributed by atoms with E-state index in [-0.39, 0.29) is 11.9 Å². The van der Waals surface area contributed by atoms with Crippen LogP contribution in [-0.2, 0) is 13.1 Å². The summed E-state index contributed by atoms with van der Waals surface area (Å²) in [7, 11) is 6.04. The van der Waals surface area contributed by atoms with Gasteiger partial charge in [-0.15, -0.1) is 0 Å². The van der Waals surface area contributed by atoms with E-state index in [1.165, 1.54) is 0 Å². The van der Waals surface area contributed by atoms with Gasteiger partial charge >= 0.3 is 0 Å². The monoisotopic (exact) mass is 328 g/mol. The van der Waals surface area contributed by atoms with Gasteiger partial charge in [0.1, 0.15) is 5.69 Å². The molecule has 0 saturated carbocycles. The van der Waals surface area contributed by atoms with Gasteiger partial charge in [-0.2, -0.15) is 5.10 Å². The molecule has 1 N–H and O–H groups in total. The zero-order valence-corrected chi connectivity index (χ0v) is 14.4. The van der Waals surface area contributed by atoms with Gasteiger partial charge in [0.15, 0.2) is 0 Å². The third-order valence-corrected chi connectivity index (χ3v) is 4.33. The van der Waals surface area contributed by atoms with Crippen LogP contribution >= 0.6 is 0 Å². The molecule has 0 aromatic carbocycles. The highest BCUT2D eigenvalue weighted by molar-refractivity contribution is 5.92. The number of carbonyl (C=O) groups excluding carboxylic acids is 1. The van der Waals surface area contributed by atoms with Crippen LogP contribution < -0.4 is 5.32 Å². The van der Waals surface area contributed by atoms with Crippen molar-refractivity contribution in [2.24, 2.45) is 0 Å². The van der Waals surface area contributed by atoms with Crippen LogP contribution in [0.3, 0.4) is 0 Å². The standard InChI is InChI=1S/C17H24N6O/c1-21(2)16(14-6-4-5-7-18-14)11-19-17(24)15-10-13-12-22(3)8-9-23(13)20-15/h4-7,10,16H,8-9,11-12H2,1-3H3,(H,19,24)/t16-/m1/s1. The zero-order chi connectivity index (χ0) is 17.1. The summed E-state index contributed by atoms with van der Waals surface area (Å²) in [5, 5.41) is 7.42. The quantitative estimate of drug-likeness (QED) is 0.878. The van der Waals surface area contributed by atoms with Gasteiger partial charge in [0.05, 0.1) is 24.0 Å². The first-order valence-electron chi connectivity index (χ1n) is 8.15. The molecule has 0 fully saturated rings. The van der Waals surface area contributed by atoms with Crippen molar-refractivity contribution in [1.29, 1.82) is 0 Å². The molecule has 128 valence electrons. The fourth-order valence-corrected chi connectivity index (χ4v) is 2.91. The summed E-state index contributed by atoms with van der Waals surface area (Å²) >= 11 is 0. The van der Waals surface area contributed by atoms with Gasteiger partial charge in [0.2, 0.25) is 0 Å². The largest absolute Gasteiger partial charge is 0.349 e. The third kappa shape index (κ3) is 3.63. The smallest absolute Gasteiger partial charge is 0.271 e. The molecule has 2 aromatic rings. The van der Waals surface area contributed by atoms with Crippen molar-refractivity contribution in [2.75, 3.05) is 34.2 Å². The summed E-state index contributed by atoms with van der Waals surface area (Å²) in [6, 6.07) is 7.74. The lowest BCUT2D eigenvalue weighted by Gasteiger charge is -2.23. The minimum Gasteiger partial charge on any atom is -0.349 e. The molecule has 7 nitrogen and oxygen atoms in total. The maximum absolute atomic E-state index is 12.5. The van der Waals surface area contributed by atoms with Crippen LogP contribution in [0, 0.1) is 0 Å². The molecule has 7 heteroatoms. The van der Waals surface area contributed by atoms with E-state index < -0.39 is 0 Å². The number of nitrogens with zero attached hydrogens (tertiary/aromatic N) is 5. The normalized spacial score (nSPS) is 16.0. The molecule has 0 spiro atoms. The molecule has 1 atom stereocenters. The number of rotatable bonds is 5. The molecule has 24 heavy (non-hydrogen) atoms. The molecule has 1 aliphatic heterocycles. The van der Waals surface area contributed by atoms with Crippen molar-refractivity contribution in [3.8, 4) is 0 Å². The predicted molar refractivity (Wildman–Crippen MR) is 91.6 cm³/mol. The Morgan fingerprint density at radius 2 is 2.21 bits per heavy atom. The third-order valence-electron chi connectivity index (χ3n) is 4.33. The minimum atomic E-state index is -0.137. The van der Waals surface area contributed by atoms with Crippen LogP contribution in [0.2, 0.25) is 0 Å². The predicted octanol–water partition coefficient (Wildman–Crippen LogP) is 0.756. The van der Waals surface area contributed by atoms with Gasteiger partial charge in [-0.25, -0.2) is 0 Å². The Labute approximate surface area is 142 Å². The SMILES string of the molecule is CN1CCn2nc(C(=O)NC[C@H](c3ccccn3)N(C)C)cc2C1. The molecule has 3 rings (SSSR count). The molecule has 0 saturated heterocycles. The molecule has 0 unspecified atom stereocenters. The van der Waals surface area contributed by atoms with E-state index in [9.17, 15) is 4.79 Å². The number of carbonyl (C=O) groups is 1. The van der Waals surface area contributed by atoms with E-state index in [1.54, 1.807) is 6.20 Å². The van der Waals surface area contributed by atoms with Crippen molar-refractivity contribution in [3.63, 3.8) is 0 Å². The molecule has 2 aromatic heterocycles. The Balaban J connectivity index is 1.66. The summed E-state index contributed by atoms with van der Waals surface area (Å²) in [6.45, 7) is 3.10. The second-order valence-corrected chi connectivity index (χ2v) is 6.43. The maximum atomic E-state index is 12.5. The Bertz CT molecular complexity index is 696. The van der Waals surface area contributed by atoms with Crippen LogP contribution in [0.25, 0.3) is 0 Å². The van der Waals surface area contributed by atoms with Gasteiger partial charge in [-0.3, -0.25) is 24.3 Å². The Morgan fingerprint density at radius 1 is 1.38 bits per heavy atom. The maximum Gasteiger partial charge on any atom is 0.271 e. The average Bonchev–Trinajstić information content (AvgIpc) is 2.98. The highest BCUT2D eigenvalue weighted by Gasteiger charge is 2.21. The van der Waals surface area contributed by atoms with E-state index in [0.29, 0.717) is 12.2 Å². The average molecular weight is 328 g/mol. The van der Waals surface area contributed by atoms with Crippen LogP contribution in [0.4, 0.5) is 0 Å². The Morgan fingerprint density at radius 3 is 2.92 bits per heavy atom. The van der Waals surface area contributed by atoms with Crippen molar-refractivity contribution < 1.29 is 4.79 Å².